The van der Waals surface area contributed by atoms with Crippen LogP contribution in [0, 0.1) is 5.92 Å². The van der Waals surface area contributed by atoms with Crippen molar-refractivity contribution in [2.24, 2.45) is 11.7 Å². The van der Waals surface area contributed by atoms with E-state index in [9.17, 15) is 13.2 Å². The predicted octanol–water partition coefficient (Wildman–Crippen LogP) is 0.679. The summed E-state index contributed by atoms with van der Waals surface area (Å²) in [6.45, 7) is 3.63. The van der Waals surface area contributed by atoms with Gasteiger partial charge < -0.3 is 16.4 Å². The largest absolute Gasteiger partial charge is 0.396 e. The summed E-state index contributed by atoms with van der Waals surface area (Å²) in [5.41, 5.74) is 11.0. The lowest BCUT2D eigenvalue weighted by atomic mass is 10.2. The molecule has 19 heavy (non-hydrogen) atoms. The van der Waals surface area contributed by atoms with Gasteiger partial charge in [0.05, 0.1) is 5.69 Å². The van der Waals surface area contributed by atoms with Crippen molar-refractivity contribution in [1.29, 1.82) is 0 Å². The van der Waals surface area contributed by atoms with E-state index in [-0.39, 0.29) is 15.5 Å². The number of anilines is 2. The third-order valence-corrected chi connectivity index (χ3v) is 5.75. The van der Waals surface area contributed by atoms with E-state index in [4.69, 9.17) is 11.5 Å². The molecule has 1 aromatic heterocycles. The zero-order valence-electron chi connectivity index (χ0n) is 10.8. The number of nitrogens with two attached hydrogens (primary N) is 2. The summed E-state index contributed by atoms with van der Waals surface area (Å²) in [5, 5.41) is 0.540. The minimum atomic E-state index is -3.50. The van der Waals surface area contributed by atoms with Gasteiger partial charge in [-0.1, -0.05) is 6.92 Å². The lowest BCUT2D eigenvalue weighted by molar-refractivity contribution is 0.100. The molecule has 8 heteroatoms. The highest BCUT2D eigenvalue weighted by molar-refractivity contribution is 7.91. The highest BCUT2D eigenvalue weighted by Gasteiger charge is 2.31. The van der Waals surface area contributed by atoms with E-state index in [1.54, 1.807) is 0 Å². The van der Waals surface area contributed by atoms with Gasteiger partial charge in [-0.05, 0) is 12.3 Å². The van der Waals surface area contributed by atoms with E-state index in [1.165, 1.54) is 0 Å². The average Bonchev–Trinajstić information content (AvgIpc) is 2.80. The number of thiophene rings is 1. The maximum Gasteiger partial charge on any atom is 0.261 e. The normalized spacial score (nSPS) is 19.9. The third-order valence-electron chi connectivity index (χ3n) is 3.19. The summed E-state index contributed by atoms with van der Waals surface area (Å²) in [4.78, 5) is 13.5. The van der Waals surface area contributed by atoms with Gasteiger partial charge in [0.15, 0.2) is 9.84 Å². The summed E-state index contributed by atoms with van der Waals surface area (Å²) < 4.78 is 23.8. The molecule has 0 aliphatic carbocycles. The van der Waals surface area contributed by atoms with E-state index in [0.29, 0.717) is 10.9 Å². The molecule has 0 spiro atoms. The molecule has 1 aromatic rings. The SMILES string of the molecule is CC1CCN(c2sc(C(N)=O)c(N)c2S(C)(=O)=O)C1. The Morgan fingerprint density at radius 3 is 2.53 bits per heavy atom. The predicted molar refractivity (Wildman–Crippen MR) is 76.4 cm³/mol. The molecule has 6 nitrogen and oxygen atoms in total. The molecule has 1 fully saturated rings. The number of amides is 1. The van der Waals surface area contributed by atoms with Crippen LogP contribution in [-0.4, -0.2) is 33.7 Å². The summed E-state index contributed by atoms with van der Waals surface area (Å²) in [6, 6.07) is 0. The Balaban J connectivity index is 2.59. The molecule has 1 unspecified atom stereocenters. The summed E-state index contributed by atoms with van der Waals surface area (Å²) >= 11 is 1.07. The van der Waals surface area contributed by atoms with Crippen LogP contribution < -0.4 is 16.4 Å². The number of hydrogen-bond acceptors (Lipinski definition) is 6. The zero-order valence-corrected chi connectivity index (χ0v) is 12.5. The molecule has 0 saturated carbocycles. The molecule has 2 heterocycles. The van der Waals surface area contributed by atoms with Gasteiger partial charge in [0.1, 0.15) is 14.8 Å². The highest BCUT2D eigenvalue weighted by atomic mass is 32.2. The minimum Gasteiger partial charge on any atom is -0.396 e. The Morgan fingerprint density at radius 1 is 1.47 bits per heavy atom. The number of sulfone groups is 1. The van der Waals surface area contributed by atoms with Crippen LogP contribution in [0.25, 0.3) is 0 Å². The Hall–Kier alpha value is -1.28. The monoisotopic (exact) mass is 303 g/mol. The van der Waals surface area contributed by atoms with Gasteiger partial charge in [-0.15, -0.1) is 11.3 Å². The number of hydrogen-bond donors (Lipinski definition) is 2. The number of carbonyl (C=O) groups excluding carboxylic acids is 1. The maximum atomic E-state index is 11.9. The van der Waals surface area contributed by atoms with Crippen LogP contribution in [-0.2, 0) is 9.84 Å². The fourth-order valence-corrected chi connectivity index (χ4v) is 4.88. The molecule has 2 rings (SSSR count). The smallest absolute Gasteiger partial charge is 0.261 e. The Morgan fingerprint density at radius 2 is 2.11 bits per heavy atom. The van der Waals surface area contributed by atoms with Crippen LogP contribution in [0.15, 0.2) is 4.90 Å². The van der Waals surface area contributed by atoms with E-state index in [2.05, 4.69) is 6.92 Å². The molecule has 1 aliphatic rings. The Labute approximate surface area is 116 Å². The van der Waals surface area contributed by atoms with Gasteiger partial charge in [0, 0.05) is 19.3 Å². The fraction of sp³-hybridized carbons (Fsp3) is 0.545. The van der Waals surface area contributed by atoms with E-state index >= 15 is 0 Å². The van der Waals surface area contributed by atoms with Gasteiger partial charge in [-0.3, -0.25) is 4.79 Å². The molecule has 1 amide bonds. The summed E-state index contributed by atoms with van der Waals surface area (Å²) in [6.07, 6.45) is 2.09. The van der Waals surface area contributed by atoms with Crippen molar-refractivity contribution < 1.29 is 13.2 Å². The Kier molecular flexibility index (Phi) is 3.48. The first-order valence-corrected chi connectivity index (χ1v) is 8.59. The standard InChI is InChI=1S/C11H17N3O3S2/c1-6-3-4-14(5-6)11-9(19(2,16)17)7(12)8(18-11)10(13)15/h6H,3-5,12H2,1-2H3,(H2,13,15). The average molecular weight is 303 g/mol. The molecule has 4 N–H and O–H groups in total. The Bertz CT molecular complexity index is 621. The van der Waals surface area contributed by atoms with Crippen molar-refractivity contribution >= 4 is 37.8 Å². The third kappa shape index (κ3) is 2.55. The molecule has 106 valence electrons. The maximum absolute atomic E-state index is 11.9. The first-order chi connectivity index (χ1) is 8.71. The molecular formula is C11H17N3O3S2. The summed E-state index contributed by atoms with van der Waals surface area (Å²) in [7, 11) is -3.50. The van der Waals surface area contributed by atoms with Crippen LogP contribution in [0.3, 0.4) is 0 Å². The van der Waals surface area contributed by atoms with E-state index < -0.39 is 15.7 Å². The molecule has 0 radical (unpaired) electrons. The quantitative estimate of drug-likeness (QED) is 0.854. The van der Waals surface area contributed by atoms with Crippen molar-refractivity contribution in [2.75, 3.05) is 30.0 Å². The molecule has 0 aromatic carbocycles. The van der Waals surface area contributed by atoms with Crippen LogP contribution in [0.2, 0.25) is 0 Å². The van der Waals surface area contributed by atoms with E-state index in [1.807, 2.05) is 4.90 Å². The lowest BCUT2D eigenvalue weighted by Gasteiger charge is -2.17. The highest BCUT2D eigenvalue weighted by Crippen LogP contribution is 2.42. The van der Waals surface area contributed by atoms with Crippen LogP contribution in [0.1, 0.15) is 23.0 Å². The van der Waals surface area contributed by atoms with Gasteiger partial charge in [0.2, 0.25) is 0 Å². The fourth-order valence-electron chi connectivity index (χ4n) is 2.29. The minimum absolute atomic E-state index is 0.0189. The lowest BCUT2D eigenvalue weighted by Crippen LogP contribution is -2.20. The molecular weight excluding hydrogens is 286 g/mol. The van der Waals surface area contributed by atoms with Crippen LogP contribution in [0.5, 0.6) is 0 Å². The van der Waals surface area contributed by atoms with Crippen LogP contribution >= 0.6 is 11.3 Å². The van der Waals surface area contributed by atoms with Crippen molar-refractivity contribution in [3.05, 3.63) is 4.88 Å². The van der Waals surface area contributed by atoms with Crippen molar-refractivity contribution in [2.45, 2.75) is 18.2 Å². The topological polar surface area (TPSA) is 106 Å². The van der Waals surface area contributed by atoms with Crippen molar-refractivity contribution in [3.8, 4) is 0 Å². The molecule has 1 saturated heterocycles. The number of rotatable bonds is 3. The first kappa shape index (κ1) is 14.1. The number of nitrogen functional groups attached to an aromatic ring is 1. The van der Waals surface area contributed by atoms with Gasteiger partial charge in [-0.2, -0.15) is 0 Å². The molecule has 0 bridgehead atoms. The first-order valence-electron chi connectivity index (χ1n) is 5.89. The zero-order chi connectivity index (χ0) is 14.4. The number of primary amides is 1. The second-order valence-corrected chi connectivity index (χ2v) is 7.91. The summed E-state index contributed by atoms with van der Waals surface area (Å²) in [5.74, 6) is -0.196. The second kappa shape index (κ2) is 4.68. The van der Waals surface area contributed by atoms with E-state index in [0.717, 1.165) is 37.1 Å². The number of carbonyl (C=O) groups is 1. The van der Waals surface area contributed by atoms with Gasteiger partial charge >= 0.3 is 0 Å². The van der Waals surface area contributed by atoms with Crippen LogP contribution in [0.4, 0.5) is 10.7 Å². The van der Waals surface area contributed by atoms with Gasteiger partial charge in [-0.25, -0.2) is 8.42 Å². The van der Waals surface area contributed by atoms with Crippen molar-refractivity contribution in [1.82, 2.24) is 0 Å². The van der Waals surface area contributed by atoms with Gasteiger partial charge in [0.25, 0.3) is 5.91 Å². The molecule has 1 aliphatic heterocycles. The second-order valence-electron chi connectivity index (χ2n) is 4.96. The van der Waals surface area contributed by atoms with Crippen molar-refractivity contribution in [3.63, 3.8) is 0 Å². The number of nitrogens with zero attached hydrogens (tertiary/aromatic N) is 1. The molecule has 1 atom stereocenters.